The van der Waals surface area contributed by atoms with Crippen molar-refractivity contribution in [2.45, 2.75) is 31.0 Å². The van der Waals surface area contributed by atoms with Crippen molar-refractivity contribution in [2.75, 3.05) is 13.1 Å². The number of carbonyl (C=O) groups excluding carboxylic acids is 1. The van der Waals surface area contributed by atoms with Gasteiger partial charge in [0.25, 0.3) is 5.91 Å². The highest BCUT2D eigenvalue weighted by atomic mass is 35.5. The van der Waals surface area contributed by atoms with E-state index in [1.165, 1.54) is 0 Å². The number of morpholine rings is 1. The Morgan fingerprint density at radius 1 is 1.39 bits per heavy atom. The first-order valence-electron chi connectivity index (χ1n) is 5.90. The van der Waals surface area contributed by atoms with Crippen LogP contribution in [0.4, 0.5) is 0 Å². The Labute approximate surface area is 117 Å². The predicted octanol–water partition coefficient (Wildman–Crippen LogP) is 2.88. The normalized spacial score (nSPS) is 24.1. The minimum Gasteiger partial charge on any atom is -0.372 e. The van der Waals surface area contributed by atoms with Crippen LogP contribution in [0, 0.1) is 0 Å². The summed E-state index contributed by atoms with van der Waals surface area (Å²) in [5, 5.41) is 0.463. The van der Waals surface area contributed by atoms with E-state index in [4.69, 9.17) is 16.3 Å². The van der Waals surface area contributed by atoms with Crippen molar-refractivity contribution in [1.82, 2.24) is 4.90 Å². The van der Waals surface area contributed by atoms with Gasteiger partial charge in [-0.15, -0.1) is 12.6 Å². The number of amides is 1. The van der Waals surface area contributed by atoms with E-state index in [1.807, 2.05) is 13.8 Å². The number of ether oxygens (including phenoxy) is 1. The van der Waals surface area contributed by atoms with Crippen LogP contribution < -0.4 is 0 Å². The van der Waals surface area contributed by atoms with Crippen LogP contribution in [0.25, 0.3) is 0 Å². The van der Waals surface area contributed by atoms with E-state index in [0.717, 1.165) is 4.90 Å². The van der Waals surface area contributed by atoms with Gasteiger partial charge in [0.15, 0.2) is 0 Å². The van der Waals surface area contributed by atoms with Crippen molar-refractivity contribution in [3.05, 3.63) is 28.8 Å². The maximum absolute atomic E-state index is 12.4. The zero-order chi connectivity index (χ0) is 13.3. The number of benzene rings is 1. The van der Waals surface area contributed by atoms with Crippen LogP contribution in [-0.4, -0.2) is 36.1 Å². The standard InChI is InChI=1S/C13H16ClNO2S/c1-8-6-15(7-9(2)17-8)13(16)11-5-10(18)3-4-12(11)14/h3-5,8-9,18H,6-7H2,1-2H3/t8-,9+. The highest BCUT2D eigenvalue weighted by Crippen LogP contribution is 2.23. The average molecular weight is 286 g/mol. The van der Waals surface area contributed by atoms with E-state index in [9.17, 15) is 4.79 Å². The molecule has 1 heterocycles. The molecule has 1 fully saturated rings. The Morgan fingerprint density at radius 3 is 2.61 bits per heavy atom. The fourth-order valence-electron chi connectivity index (χ4n) is 2.19. The predicted molar refractivity (Wildman–Crippen MR) is 74.6 cm³/mol. The molecule has 1 aromatic carbocycles. The molecule has 0 radical (unpaired) electrons. The van der Waals surface area contributed by atoms with Gasteiger partial charge in [-0.3, -0.25) is 4.79 Å². The summed E-state index contributed by atoms with van der Waals surface area (Å²) in [4.78, 5) is 14.9. The van der Waals surface area contributed by atoms with Crippen molar-refractivity contribution >= 4 is 30.1 Å². The molecule has 0 aromatic heterocycles. The van der Waals surface area contributed by atoms with Gasteiger partial charge >= 0.3 is 0 Å². The van der Waals surface area contributed by atoms with Crippen LogP contribution in [0.15, 0.2) is 23.1 Å². The number of nitrogens with zero attached hydrogens (tertiary/aromatic N) is 1. The van der Waals surface area contributed by atoms with Crippen LogP contribution in [0.1, 0.15) is 24.2 Å². The van der Waals surface area contributed by atoms with Crippen LogP contribution in [0.3, 0.4) is 0 Å². The van der Waals surface area contributed by atoms with E-state index < -0.39 is 0 Å². The smallest absolute Gasteiger partial charge is 0.255 e. The van der Waals surface area contributed by atoms with Gasteiger partial charge in [0.2, 0.25) is 0 Å². The second kappa shape index (κ2) is 5.51. The molecule has 98 valence electrons. The molecule has 0 bridgehead atoms. The largest absolute Gasteiger partial charge is 0.372 e. The lowest BCUT2D eigenvalue weighted by molar-refractivity contribution is -0.0586. The van der Waals surface area contributed by atoms with E-state index in [1.54, 1.807) is 23.1 Å². The molecule has 0 aliphatic carbocycles. The lowest BCUT2D eigenvalue weighted by atomic mass is 10.1. The number of rotatable bonds is 1. The number of hydrogen-bond donors (Lipinski definition) is 1. The summed E-state index contributed by atoms with van der Waals surface area (Å²) < 4.78 is 5.61. The first kappa shape index (κ1) is 13.7. The van der Waals surface area contributed by atoms with Crippen molar-refractivity contribution in [3.63, 3.8) is 0 Å². The Kier molecular flexibility index (Phi) is 4.20. The third-order valence-corrected chi connectivity index (χ3v) is 3.49. The molecule has 0 spiro atoms. The topological polar surface area (TPSA) is 29.5 Å². The number of thiol groups is 1. The van der Waals surface area contributed by atoms with Crippen molar-refractivity contribution in [1.29, 1.82) is 0 Å². The number of hydrogen-bond acceptors (Lipinski definition) is 3. The van der Waals surface area contributed by atoms with Gasteiger partial charge < -0.3 is 9.64 Å². The molecule has 0 saturated carbocycles. The van der Waals surface area contributed by atoms with E-state index in [-0.39, 0.29) is 18.1 Å². The summed E-state index contributed by atoms with van der Waals surface area (Å²) in [7, 11) is 0. The summed E-state index contributed by atoms with van der Waals surface area (Å²) in [6.07, 6.45) is 0.103. The molecule has 1 amide bonds. The molecular weight excluding hydrogens is 270 g/mol. The van der Waals surface area contributed by atoms with Crippen molar-refractivity contribution in [2.24, 2.45) is 0 Å². The lowest BCUT2D eigenvalue weighted by Crippen LogP contribution is -2.48. The molecular formula is C13H16ClNO2S. The van der Waals surface area contributed by atoms with Gasteiger partial charge in [-0.05, 0) is 32.0 Å². The van der Waals surface area contributed by atoms with E-state index >= 15 is 0 Å². The molecule has 1 aliphatic heterocycles. The molecule has 2 atom stereocenters. The second-order valence-electron chi connectivity index (χ2n) is 4.63. The summed E-state index contributed by atoms with van der Waals surface area (Å²) in [5.41, 5.74) is 0.505. The van der Waals surface area contributed by atoms with Gasteiger partial charge in [-0.25, -0.2) is 0 Å². The molecule has 18 heavy (non-hydrogen) atoms. The van der Waals surface area contributed by atoms with Crippen molar-refractivity contribution in [3.8, 4) is 0 Å². The Morgan fingerprint density at radius 2 is 2.00 bits per heavy atom. The minimum atomic E-state index is -0.0575. The quantitative estimate of drug-likeness (QED) is 0.804. The first-order valence-corrected chi connectivity index (χ1v) is 6.73. The number of halogens is 1. The number of carbonyl (C=O) groups is 1. The van der Waals surface area contributed by atoms with Gasteiger partial charge in [0, 0.05) is 18.0 Å². The fourth-order valence-corrected chi connectivity index (χ4v) is 2.59. The van der Waals surface area contributed by atoms with Crippen LogP contribution >= 0.6 is 24.2 Å². The lowest BCUT2D eigenvalue weighted by Gasteiger charge is -2.35. The van der Waals surface area contributed by atoms with Gasteiger partial charge in [-0.1, -0.05) is 11.6 Å². The highest BCUT2D eigenvalue weighted by Gasteiger charge is 2.27. The third kappa shape index (κ3) is 2.99. The SMILES string of the molecule is C[C@@H]1CN(C(=O)c2cc(S)ccc2Cl)C[C@H](C)O1. The second-order valence-corrected chi connectivity index (χ2v) is 5.56. The van der Waals surface area contributed by atoms with Crippen molar-refractivity contribution < 1.29 is 9.53 Å². The van der Waals surface area contributed by atoms with E-state index in [0.29, 0.717) is 23.7 Å². The van der Waals surface area contributed by atoms with E-state index in [2.05, 4.69) is 12.6 Å². The highest BCUT2D eigenvalue weighted by molar-refractivity contribution is 7.80. The maximum atomic E-state index is 12.4. The molecule has 0 N–H and O–H groups in total. The summed E-state index contributed by atoms with van der Waals surface area (Å²) in [6, 6.07) is 5.18. The first-order chi connectivity index (χ1) is 8.47. The van der Waals surface area contributed by atoms with Gasteiger partial charge in [0.05, 0.1) is 22.8 Å². The fraction of sp³-hybridized carbons (Fsp3) is 0.462. The Bertz CT molecular complexity index is 456. The maximum Gasteiger partial charge on any atom is 0.255 e. The molecule has 1 aromatic rings. The average Bonchev–Trinajstić information content (AvgIpc) is 2.30. The van der Waals surface area contributed by atoms with Gasteiger partial charge in [-0.2, -0.15) is 0 Å². The Hall–Kier alpha value is -0.710. The molecule has 2 rings (SSSR count). The zero-order valence-electron chi connectivity index (χ0n) is 10.4. The third-order valence-electron chi connectivity index (χ3n) is 2.89. The van der Waals surface area contributed by atoms with Crippen LogP contribution in [-0.2, 0) is 4.74 Å². The minimum absolute atomic E-state index is 0.0515. The van der Waals surface area contributed by atoms with Crippen LogP contribution in [0.5, 0.6) is 0 Å². The summed E-state index contributed by atoms with van der Waals surface area (Å²) in [6.45, 7) is 5.12. The molecule has 1 aliphatic rings. The monoisotopic (exact) mass is 285 g/mol. The molecule has 1 saturated heterocycles. The zero-order valence-corrected chi connectivity index (χ0v) is 12.0. The molecule has 5 heteroatoms. The van der Waals surface area contributed by atoms with Crippen LogP contribution in [0.2, 0.25) is 5.02 Å². The molecule has 0 unspecified atom stereocenters. The Balaban J connectivity index is 2.22. The summed E-state index contributed by atoms with van der Waals surface area (Å²) in [5.74, 6) is -0.0575. The molecule has 3 nitrogen and oxygen atoms in total. The summed E-state index contributed by atoms with van der Waals surface area (Å²) >= 11 is 10.3. The van der Waals surface area contributed by atoms with Gasteiger partial charge in [0.1, 0.15) is 0 Å².